The number of rotatable bonds is 5. The number of ether oxygens (including phenoxy) is 1. The number of hydrogen-bond acceptors (Lipinski definition) is 5. The van der Waals surface area contributed by atoms with E-state index in [4.69, 9.17) is 4.74 Å². The van der Waals surface area contributed by atoms with Crippen molar-refractivity contribution in [2.45, 2.75) is 38.8 Å². The van der Waals surface area contributed by atoms with E-state index in [-0.39, 0.29) is 12.2 Å². The van der Waals surface area contributed by atoms with Crippen LogP contribution in [-0.2, 0) is 23.0 Å². The van der Waals surface area contributed by atoms with Crippen molar-refractivity contribution in [1.29, 1.82) is 0 Å². The van der Waals surface area contributed by atoms with Crippen molar-refractivity contribution >= 4 is 11.9 Å². The molecule has 0 saturated heterocycles. The lowest BCUT2D eigenvalue weighted by Gasteiger charge is -2.24. The summed E-state index contributed by atoms with van der Waals surface area (Å²) in [6, 6.07) is 5.60. The number of esters is 1. The van der Waals surface area contributed by atoms with Crippen LogP contribution in [0.1, 0.15) is 36.8 Å². The Balaban J connectivity index is 2.19. The van der Waals surface area contributed by atoms with Gasteiger partial charge < -0.3 is 19.7 Å². The average molecular weight is 345 g/mol. The van der Waals surface area contributed by atoms with Gasteiger partial charge in [0.15, 0.2) is 0 Å². The first kappa shape index (κ1) is 18.5. The van der Waals surface area contributed by atoms with Gasteiger partial charge in [0.25, 0.3) is 5.91 Å². The number of amides is 1. The molecule has 1 atom stereocenters. The Hall–Kier alpha value is -2.83. The van der Waals surface area contributed by atoms with Crippen molar-refractivity contribution in [3.05, 3.63) is 48.0 Å². The highest BCUT2D eigenvalue weighted by molar-refractivity contribution is 5.95. The number of imidazole rings is 1. The van der Waals surface area contributed by atoms with Crippen LogP contribution < -0.4 is 5.32 Å². The minimum atomic E-state index is -0.855. The third kappa shape index (κ3) is 5.34. The SMILES string of the molecule is Cn1cncc1C(=O)N[C@@H](Cc1ccc(O)cc1)C(=O)OC(C)(C)C. The van der Waals surface area contributed by atoms with E-state index in [1.54, 1.807) is 44.5 Å². The maximum absolute atomic E-state index is 12.5. The Labute approximate surface area is 146 Å². The van der Waals surface area contributed by atoms with E-state index in [1.165, 1.54) is 24.7 Å². The second kappa shape index (κ2) is 7.38. The molecule has 1 heterocycles. The number of hydrogen-bond donors (Lipinski definition) is 2. The zero-order valence-corrected chi connectivity index (χ0v) is 14.8. The molecule has 0 radical (unpaired) electrons. The Kier molecular flexibility index (Phi) is 5.46. The highest BCUT2D eigenvalue weighted by atomic mass is 16.6. The second-order valence-electron chi connectivity index (χ2n) is 6.82. The summed E-state index contributed by atoms with van der Waals surface area (Å²) in [6.07, 6.45) is 3.19. The number of nitrogens with zero attached hydrogens (tertiary/aromatic N) is 2. The van der Waals surface area contributed by atoms with Gasteiger partial charge >= 0.3 is 5.97 Å². The normalized spacial score (nSPS) is 12.5. The molecule has 25 heavy (non-hydrogen) atoms. The fourth-order valence-corrected chi connectivity index (χ4v) is 2.24. The monoisotopic (exact) mass is 345 g/mol. The zero-order chi connectivity index (χ0) is 18.6. The molecule has 134 valence electrons. The number of aromatic nitrogens is 2. The van der Waals surface area contributed by atoms with Gasteiger partial charge in [-0.3, -0.25) is 4.79 Å². The maximum Gasteiger partial charge on any atom is 0.329 e. The van der Waals surface area contributed by atoms with E-state index in [0.717, 1.165) is 5.56 Å². The first-order chi connectivity index (χ1) is 11.7. The minimum absolute atomic E-state index is 0.136. The topological polar surface area (TPSA) is 93.5 Å². The van der Waals surface area contributed by atoms with E-state index in [9.17, 15) is 14.7 Å². The molecule has 2 rings (SSSR count). The number of aromatic hydroxyl groups is 1. The zero-order valence-electron chi connectivity index (χ0n) is 14.8. The second-order valence-corrected chi connectivity index (χ2v) is 6.82. The van der Waals surface area contributed by atoms with Gasteiger partial charge in [0.05, 0.1) is 12.5 Å². The molecule has 7 heteroatoms. The third-order valence-corrected chi connectivity index (χ3v) is 3.42. The summed E-state index contributed by atoms with van der Waals surface area (Å²) < 4.78 is 6.99. The van der Waals surface area contributed by atoms with Crippen molar-refractivity contribution < 1.29 is 19.4 Å². The average Bonchev–Trinajstić information content (AvgIpc) is 2.93. The molecule has 7 nitrogen and oxygen atoms in total. The Morgan fingerprint density at radius 3 is 2.44 bits per heavy atom. The number of phenolic OH excluding ortho intramolecular Hbond substituents is 1. The first-order valence-electron chi connectivity index (χ1n) is 7.93. The molecular weight excluding hydrogens is 322 g/mol. The lowest BCUT2D eigenvalue weighted by atomic mass is 10.0. The van der Waals surface area contributed by atoms with E-state index >= 15 is 0 Å². The van der Waals surface area contributed by atoms with Crippen LogP contribution in [0.15, 0.2) is 36.8 Å². The van der Waals surface area contributed by atoms with Crippen LogP contribution in [0.5, 0.6) is 5.75 Å². The van der Waals surface area contributed by atoms with Crippen LogP contribution in [0.3, 0.4) is 0 Å². The molecule has 2 aromatic rings. The van der Waals surface area contributed by atoms with Crippen molar-refractivity contribution in [3.8, 4) is 5.75 Å². The van der Waals surface area contributed by atoms with E-state index in [1.807, 2.05) is 0 Å². The number of phenols is 1. The lowest BCUT2D eigenvalue weighted by molar-refractivity contribution is -0.157. The van der Waals surface area contributed by atoms with Crippen LogP contribution in [0, 0.1) is 0 Å². The maximum atomic E-state index is 12.5. The molecule has 1 amide bonds. The van der Waals surface area contributed by atoms with Crippen molar-refractivity contribution in [3.63, 3.8) is 0 Å². The van der Waals surface area contributed by atoms with E-state index < -0.39 is 23.5 Å². The largest absolute Gasteiger partial charge is 0.508 e. The number of benzene rings is 1. The summed E-state index contributed by atoms with van der Waals surface area (Å²) >= 11 is 0. The minimum Gasteiger partial charge on any atom is -0.508 e. The van der Waals surface area contributed by atoms with Gasteiger partial charge in [0, 0.05) is 13.5 Å². The summed E-state index contributed by atoms with van der Waals surface area (Å²) in [5, 5.41) is 12.1. The van der Waals surface area contributed by atoms with Gasteiger partial charge in [-0.2, -0.15) is 0 Å². The van der Waals surface area contributed by atoms with Gasteiger partial charge in [-0.1, -0.05) is 12.1 Å². The number of carbonyl (C=O) groups excluding carboxylic acids is 2. The molecule has 0 aliphatic heterocycles. The predicted molar refractivity (Wildman–Crippen MR) is 92.1 cm³/mol. The van der Waals surface area contributed by atoms with Crippen molar-refractivity contribution in [2.24, 2.45) is 7.05 Å². The Morgan fingerprint density at radius 1 is 1.28 bits per heavy atom. The van der Waals surface area contributed by atoms with Gasteiger partial charge in [-0.05, 0) is 38.5 Å². The van der Waals surface area contributed by atoms with Crippen LogP contribution in [0.2, 0.25) is 0 Å². The van der Waals surface area contributed by atoms with E-state index in [0.29, 0.717) is 5.69 Å². The van der Waals surface area contributed by atoms with Crippen LogP contribution in [0.25, 0.3) is 0 Å². The highest BCUT2D eigenvalue weighted by Crippen LogP contribution is 2.14. The molecule has 0 fully saturated rings. The van der Waals surface area contributed by atoms with Crippen LogP contribution >= 0.6 is 0 Å². The third-order valence-electron chi connectivity index (χ3n) is 3.42. The van der Waals surface area contributed by atoms with Gasteiger partial charge in [-0.25, -0.2) is 9.78 Å². The summed E-state index contributed by atoms with van der Waals surface area (Å²) in [6.45, 7) is 5.31. The fraction of sp³-hybridized carbons (Fsp3) is 0.389. The molecular formula is C18H23N3O4. The Bertz CT molecular complexity index is 744. The molecule has 2 N–H and O–H groups in total. The number of carbonyl (C=O) groups is 2. The summed E-state index contributed by atoms with van der Waals surface area (Å²) in [4.78, 5) is 28.8. The molecule has 1 aromatic heterocycles. The molecule has 0 aliphatic rings. The summed E-state index contributed by atoms with van der Waals surface area (Å²) in [5.41, 5.74) is 0.472. The van der Waals surface area contributed by atoms with Crippen LogP contribution in [0.4, 0.5) is 0 Å². The molecule has 0 unspecified atom stereocenters. The van der Waals surface area contributed by atoms with Crippen molar-refractivity contribution in [1.82, 2.24) is 14.9 Å². The Morgan fingerprint density at radius 2 is 1.92 bits per heavy atom. The quantitative estimate of drug-likeness (QED) is 0.806. The predicted octanol–water partition coefficient (Wildman–Crippen LogP) is 1.81. The highest BCUT2D eigenvalue weighted by Gasteiger charge is 2.28. The molecule has 1 aromatic carbocycles. The van der Waals surface area contributed by atoms with Gasteiger partial charge in [0.1, 0.15) is 23.1 Å². The lowest BCUT2D eigenvalue weighted by Crippen LogP contribution is -2.45. The van der Waals surface area contributed by atoms with Crippen LogP contribution in [-0.4, -0.2) is 38.2 Å². The smallest absolute Gasteiger partial charge is 0.329 e. The van der Waals surface area contributed by atoms with Gasteiger partial charge in [-0.15, -0.1) is 0 Å². The number of aryl methyl sites for hydroxylation is 1. The molecule has 0 spiro atoms. The first-order valence-corrected chi connectivity index (χ1v) is 7.93. The summed E-state index contributed by atoms with van der Waals surface area (Å²) in [5.74, 6) is -0.790. The van der Waals surface area contributed by atoms with Crippen molar-refractivity contribution in [2.75, 3.05) is 0 Å². The summed E-state index contributed by atoms with van der Waals surface area (Å²) in [7, 11) is 1.70. The van der Waals surface area contributed by atoms with E-state index in [2.05, 4.69) is 10.3 Å². The number of nitrogens with one attached hydrogen (secondary N) is 1. The molecule has 0 bridgehead atoms. The standard InChI is InChI=1S/C18H23N3O4/c1-18(2,3)25-17(24)14(9-12-5-7-13(22)8-6-12)20-16(23)15-10-19-11-21(15)4/h5-8,10-11,14,22H,9H2,1-4H3,(H,20,23)/t14-/m0/s1. The van der Waals surface area contributed by atoms with Gasteiger partial charge in [0.2, 0.25) is 0 Å². The molecule has 0 aliphatic carbocycles. The molecule has 0 saturated carbocycles. The fourth-order valence-electron chi connectivity index (χ4n) is 2.24.